The van der Waals surface area contributed by atoms with Crippen LogP contribution in [0.4, 0.5) is 0 Å². The molecule has 2 heteroatoms. The van der Waals surface area contributed by atoms with Crippen LogP contribution >= 0.6 is 0 Å². The second-order valence-electron chi connectivity index (χ2n) is 4.10. The summed E-state index contributed by atoms with van der Waals surface area (Å²) in [5, 5.41) is 0. The summed E-state index contributed by atoms with van der Waals surface area (Å²) >= 11 is 0. The summed E-state index contributed by atoms with van der Waals surface area (Å²) in [4.78, 5) is 13.1. The zero-order chi connectivity index (χ0) is 11.5. The number of nitrogens with zero attached hydrogens (tertiary/aromatic N) is 1. The summed E-state index contributed by atoms with van der Waals surface area (Å²) in [6.45, 7) is 0. The third-order valence-electron chi connectivity index (χ3n) is 2.86. The molecule has 0 amide bonds. The molecule has 1 aliphatic carbocycles. The number of hydrogen-bond acceptors (Lipinski definition) is 2. The summed E-state index contributed by atoms with van der Waals surface area (Å²) in [6.07, 6.45) is 7.18. The second kappa shape index (κ2) is 4.35. The van der Waals surface area contributed by atoms with Crippen molar-refractivity contribution >= 4 is 6.29 Å². The van der Waals surface area contributed by atoms with Crippen molar-refractivity contribution in [2.45, 2.75) is 5.92 Å². The molecule has 2 nitrogen and oxygen atoms in total. The Kier molecular flexibility index (Phi) is 2.91. The molecule has 82 valence electrons. The monoisotopic (exact) mass is 213 g/mol. The van der Waals surface area contributed by atoms with Gasteiger partial charge in [-0.05, 0) is 11.6 Å². The van der Waals surface area contributed by atoms with Gasteiger partial charge in [0.2, 0.25) is 0 Å². The molecule has 1 atom stereocenters. The van der Waals surface area contributed by atoms with Crippen molar-refractivity contribution in [2.75, 3.05) is 14.1 Å². The van der Waals surface area contributed by atoms with E-state index >= 15 is 0 Å². The molecule has 16 heavy (non-hydrogen) atoms. The molecule has 0 saturated carbocycles. The van der Waals surface area contributed by atoms with Crippen LogP contribution in [0.25, 0.3) is 0 Å². The molecule has 1 aliphatic rings. The topological polar surface area (TPSA) is 20.3 Å². The first-order valence-corrected chi connectivity index (χ1v) is 5.34. The molecule has 0 radical (unpaired) electrons. The van der Waals surface area contributed by atoms with E-state index in [0.29, 0.717) is 0 Å². The van der Waals surface area contributed by atoms with Crippen molar-refractivity contribution in [3.8, 4) is 0 Å². The average molecular weight is 213 g/mol. The maximum absolute atomic E-state index is 11.0. The van der Waals surface area contributed by atoms with Crippen molar-refractivity contribution in [2.24, 2.45) is 0 Å². The zero-order valence-corrected chi connectivity index (χ0v) is 9.55. The molecule has 1 aromatic rings. The highest BCUT2D eigenvalue weighted by atomic mass is 16.1. The van der Waals surface area contributed by atoms with Crippen LogP contribution in [0.5, 0.6) is 0 Å². The van der Waals surface area contributed by atoms with E-state index in [2.05, 4.69) is 17.1 Å². The minimum absolute atomic E-state index is 0.205. The molecule has 0 aliphatic heterocycles. The van der Waals surface area contributed by atoms with Crippen LogP contribution < -0.4 is 0 Å². The smallest absolute Gasteiger partial charge is 0.150 e. The number of rotatable bonds is 3. The Hall–Kier alpha value is -1.83. The lowest BCUT2D eigenvalue weighted by atomic mass is 9.93. The Morgan fingerprint density at radius 3 is 2.69 bits per heavy atom. The molecule has 2 rings (SSSR count). The van der Waals surface area contributed by atoms with Crippen molar-refractivity contribution in [1.29, 1.82) is 0 Å². The Labute approximate surface area is 95.9 Å². The number of carbonyl (C=O) groups excluding carboxylic acids is 1. The van der Waals surface area contributed by atoms with Gasteiger partial charge in [0.1, 0.15) is 6.29 Å². The number of aldehydes is 1. The standard InChI is InChI=1S/C14H15NO/c1-15(2)14-9-5-8-13(14)12-7-4-3-6-11(12)10-16/h3-10,13H,1-2H3. The first kappa shape index (κ1) is 10.7. The Morgan fingerprint density at radius 2 is 2.00 bits per heavy atom. The third kappa shape index (κ3) is 1.78. The van der Waals surface area contributed by atoms with E-state index in [0.717, 1.165) is 17.4 Å². The van der Waals surface area contributed by atoms with Crippen LogP contribution in [0.1, 0.15) is 21.8 Å². The average Bonchev–Trinajstić information content (AvgIpc) is 2.77. The number of likely N-dealkylation sites (N-methyl/N-ethyl adjacent to an activating group) is 1. The van der Waals surface area contributed by atoms with Gasteiger partial charge in [-0.2, -0.15) is 0 Å². The summed E-state index contributed by atoms with van der Waals surface area (Å²) < 4.78 is 0. The Balaban J connectivity index is 2.41. The van der Waals surface area contributed by atoms with E-state index in [1.165, 1.54) is 5.70 Å². The van der Waals surface area contributed by atoms with Gasteiger partial charge in [0.25, 0.3) is 0 Å². The summed E-state index contributed by atoms with van der Waals surface area (Å²) in [6, 6.07) is 7.75. The van der Waals surface area contributed by atoms with Gasteiger partial charge in [0.05, 0.1) is 0 Å². The van der Waals surface area contributed by atoms with Gasteiger partial charge < -0.3 is 4.90 Å². The van der Waals surface area contributed by atoms with Crippen molar-refractivity contribution in [1.82, 2.24) is 4.90 Å². The Bertz CT molecular complexity index is 458. The van der Waals surface area contributed by atoms with Gasteiger partial charge in [-0.1, -0.05) is 36.4 Å². The fraction of sp³-hybridized carbons (Fsp3) is 0.214. The minimum atomic E-state index is 0.205. The van der Waals surface area contributed by atoms with Gasteiger partial charge in [0.15, 0.2) is 0 Å². The van der Waals surface area contributed by atoms with Gasteiger partial charge in [-0.25, -0.2) is 0 Å². The van der Waals surface area contributed by atoms with Crippen molar-refractivity contribution in [3.05, 3.63) is 59.3 Å². The first-order valence-electron chi connectivity index (χ1n) is 5.34. The summed E-state index contributed by atoms with van der Waals surface area (Å²) in [5.41, 5.74) is 3.06. The molecule has 0 spiro atoms. The van der Waals surface area contributed by atoms with Crippen LogP contribution in [0.15, 0.2) is 48.2 Å². The third-order valence-corrected chi connectivity index (χ3v) is 2.86. The summed E-state index contributed by atoms with van der Waals surface area (Å²) in [5.74, 6) is 0.205. The van der Waals surface area contributed by atoms with E-state index < -0.39 is 0 Å². The van der Waals surface area contributed by atoms with Crippen molar-refractivity contribution in [3.63, 3.8) is 0 Å². The molecule has 0 heterocycles. The molecule has 0 N–H and O–H groups in total. The zero-order valence-electron chi connectivity index (χ0n) is 9.55. The largest absolute Gasteiger partial charge is 0.380 e. The molecular weight excluding hydrogens is 198 g/mol. The predicted molar refractivity (Wildman–Crippen MR) is 65.5 cm³/mol. The number of carbonyl (C=O) groups is 1. The fourth-order valence-electron chi connectivity index (χ4n) is 2.06. The highest BCUT2D eigenvalue weighted by Crippen LogP contribution is 2.32. The molecule has 0 bridgehead atoms. The lowest BCUT2D eigenvalue weighted by molar-refractivity contribution is 0.112. The van der Waals surface area contributed by atoms with E-state index in [9.17, 15) is 4.79 Å². The minimum Gasteiger partial charge on any atom is -0.380 e. The van der Waals surface area contributed by atoms with Gasteiger partial charge in [-0.15, -0.1) is 0 Å². The van der Waals surface area contributed by atoms with E-state index in [1.807, 2.05) is 44.4 Å². The fourth-order valence-corrected chi connectivity index (χ4v) is 2.06. The molecule has 0 saturated heterocycles. The van der Waals surface area contributed by atoms with E-state index in [4.69, 9.17) is 0 Å². The van der Waals surface area contributed by atoms with Crippen LogP contribution in [-0.4, -0.2) is 25.3 Å². The maximum atomic E-state index is 11.0. The van der Waals surface area contributed by atoms with Crippen molar-refractivity contribution < 1.29 is 4.79 Å². The Morgan fingerprint density at radius 1 is 1.25 bits per heavy atom. The lowest BCUT2D eigenvalue weighted by Crippen LogP contribution is -2.16. The maximum Gasteiger partial charge on any atom is 0.150 e. The molecule has 1 unspecified atom stereocenters. The number of hydrogen-bond donors (Lipinski definition) is 0. The van der Waals surface area contributed by atoms with Gasteiger partial charge in [-0.3, -0.25) is 4.79 Å². The summed E-state index contributed by atoms with van der Waals surface area (Å²) in [7, 11) is 4.05. The molecule has 1 aromatic carbocycles. The SMILES string of the molecule is CN(C)C1=CC=CC1c1ccccc1C=O. The highest BCUT2D eigenvalue weighted by molar-refractivity contribution is 5.78. The van der Waals surface area contributed by atoms with Gasteiger partial charge >= 0.3 is 0 Å². The predicted octanol–water partition coefficient (Wildman–Crippen LogP) is 2.60. The van der Waals surface area contributed by atoms with E-state index in [1.54, 1.807) is 0 Å². The number of benzene rings is 1. The van der Waals surface area contributed by atoms with Crippen LogP contribution in [0, 0.1) is 0 Å². The highest BCUT2D eigenvalue weighted by Gasteiger charge is 2.20. The number of allylic oxidation sites excluding steroid dienone is 3. The van der Waals surface area contributed by atoms with Crippen LogP contribution in [-0.2, 0) is 0 Å². The van der Waals surface area contributed by atoms with Gasteiger partial charge in [0, 0.05) is 31.3 Å². The van der Waals surface area contributed by atoms with Crippen LogP contribution in [0.2, 0.25) is 0 Å². The lowest BCUT2D eigenvalue weighted by Gasteiger charge is -2.22. The first-order chi connectivity index (χ1) is 7.74. The quantitative estimate of drug-likeness (QED) is 0.719. The normalized spacial score (nSPS) is 18.4. The van der Waals surface area contributed by atoms with E-state index in [-0.39, 0.29) is 5.92 Å². The molecule has 0 fully saturated rings. The van der Waals surface area contributed by atoms with Crippen LogP contribution in [0.3, 0.4) is 0 Å². The second-order valence-corrected chi connectivity index (χ2v) is 4.10. The molecule has 0 aromatic heterocycles. The molecular formula is C14H15NO.